The second-order valence-corrected chi connectivity index (χ2v) is 6.52. The zero-order valence-electron chi connectivity index (χ0n) is 13.8. The second kappa shape index (κ2) is 7.53. The average Bonchev–Trinajstić information content (AvgIpc) is 2.56. The Kier molecular flexibility index (Phi) is 5.19. The number of nitrogens with zero attached hydrogens (tertiary/aromatic N) is 1. The van der Waals surface area contributed by atoms with Gasteiger partial charge in [0.05, 0.1) is 11.4 Å². The highest BCUT2D eigenvalue weighted by Gasteiger charge is 2.24. The predicted molar refractivity (Wildman–Crippen MR) is 102 cm³/mol. The minimum absolute atomic E-state index is 0.0238. The van der Waals surface area contributed by atoms with Gasteiger partial charge >= 0.3 is 0 Å². The lowest BCUT2D eigenvalue weighted by molar-refractivity contribution is -0.121. The van der Waals surface area contributed by atoms with Crippen LogP contribution in [0.25, 0.3) is 0 Å². The van der Waals surface area contributed by atoms with Crippen LogP contribution in [0.1, 0.15) is 30.0 Å². The SMILES string of the molecule is CC1CC(=O)NN=C1c1ccc(Cc2ccccc2)cc1NC(=O)S. The van der Waals surface area contributed by atoms with Gasteiger partial charge in [0.2, 0.25) is 5.91 Å². The normalized spacial score (nSPS) is 16.8. The van der Waals surface area contributed by atoms with Crippen molar-refractivity contribution in [1.82, 2.24) is 5.43 Å². The quantitative estimate of drug-likeness (QED) is 0.735. The molecule has 0 radical (unpaired) electrons. The Morgan fingerprint density at radius 3 is 2.68 bits per heavy atom. The number of thiol groups is 1. The molecule has 2 aromatic carbocycles. The first-order valence-electron chi connectivity index (χ1n) is 8.06. The molecule has 0 fully saturated rings. The summed E-state index contributed by atoms with van der Waals surface area (Å²) in [5.74, 6) is -0.124. The highest BCUT2D eigenvalue weighted by molar-refractivity contribution is 7.96. The van der Waals surface area contributed by atoms with Crippen LogP contribution in [0.2, 0.25) is 0 Å². The van der Waals surface area contributed by atoms with Gasteiger partial charge in [-0.2, -0.15) is 5.10 Å². The largest absolute Gasteiger partial charge is 0.316 e. The molecule has 2 aromatic rings. The van der Waals surface area contributed by atoms with Gasteiger partial charge in [-0.25, -0.2) is 5.43 Å². The van der Waals surface area contributed by atoms with Crippen LogP contribution in [-0.2, 0) is 11.2 Å². The molecule has 3 rings (SSSR count). The first kappa shape index (κ1) is 17.2. The van der Waals surface area contributed by atoms with Gasteiger partial charge in [-0.15, -0.1) is 0 Å². The minimum atomic E-state index is -0.439. The molecule has 0 spiro atoms. The molecule has 1 aliphatic heterocycles. The summed E-state index contributed by atoms with van der Waals surface area (Å²) in [7, 11) is 0. The molecule has 2 amide bonds. The number of anilines is 1. The molecule has 1 atom stereocenters. The van der Waals surface area contributed by atoms with E-state index >= 15 is 0 Å². The van der Waals surface area contributed by atoms with Crippen LogP contribution in [0.15, 0.2) is 53.6 Å². The van der Waals surface area contributed by atoms with E-state index in [2.05, 4.69) is 40.6 Å². The molecule has 0 saturated heterocycles. The lowest BCUT2D eigenvalue weighted by atomic mass is 9.91. The van der Waals surface area contributed by atoms with Crippen LogP contribution in [0.3, 0.4) is 0 Å². The number of hydrogen-bond donors (Lipinski definition) is 3. The standard InChI is InChI=1S/C19H19N3O2S/c1-12-9-17(23)21-22-18(12)15-8-7-14(11-16(15)20-19(24)25)10-13-5-3-2-4-6-13/h2-8,11-12H,9-10H2,1H3,(H,21,23)(H2,20,24,25). The fraction of sp³-hybridized carbons (Fsp3) is 0.211. The molecule has 0 aromatic heterocycles. The van der Waals surface area contributed by atoms with Crippen LogP contribution in [0, 0.1) is 5.92 Å². The van der Waals surface area contributed by atoms with Crippen molar-refractivity contribution >= 4 is 35.2 Å². The van der Waals surface area contributed by atoms with E-state index in [1.165, 1.54) is 5.56 Å². The van der Waals surface area contributed by atoms with Crippen LogP contribution < -0.4 is 10.7 Å². The third-order valence-corrected chi connectivity index (χ3v) is 4.22. The monoisotopic (exact) mass is 353 g/mol. The maximum atomic E-state index is 11.5. The Morgan fingerprint density at radius 1 is 1.24 bits per heavy atom. The van der Waals surface area contributed by atoms with E-state index in [-0.39, 0.29) is 11.8 Å². The molecule has 25 heavy (non-hydrogen) atoms. The maximum absolute atomic E-state index is 11.5. The number of rotatable bonds is 4. The van der Waals surface area contributed by atoms with Crippen molar-refractivity contribution < 1.29 is 9.59 Å². The fourth-order valence-electron chi connectivity index (χ4n) is 2.95. The van der Waals surface area contributed by atoms with Gasteiger partial charge in [-0.1, -0.05) is 62.0 Å². The van der Waals surface area contributed by atoms with Gasteiger partial charge in [-0.05, 0) is 23.6 Å². The summed E-state index contributed by atoms with van der Waals surface area (Å²) in [6, 6.07) is 16.0. The molecule has 1 unspecified atom stereocenters. The second-order valence-electron chi connectivity index (χ2n) is 6.11. The van der Waals surface area contributed by atoms with Crippen molar-refractivity contribution in [3.8, 4) is 0 Å². The minimum Gasteiger partial charge on any atom is -0.316 e. The van der Waals surface area contributed by atoms with Gasteiger partial charge in [0, 0.05) is 17.9 Å². The van der Waals surface area contributed by atoms with Gasteiger partial charge in [0.15, 0.2) is 0 Å². The van der Waals surface area contributed by atoms with E-state index in [0.29, 0.717) is 12.1 Å². The highest BCUT2D eigenvalue weighted by Crippen LogP contribution is 2.26. The number of nitrogens with one attached hydrogen (secondary N) is 2. The first-order chi connectivity index (χ1) is 12.0. The van der Waals surface area contributed by atoms with Gasteiger partial charge < -0.3 is 5.32 Å². The Balaban J connectivity index is 1.95. The molecule has 128 valence electrons. The van der Waals surface area contributed by atoms with Gasteiger partial charge in [0.25, 0.3) is 5.24 Å². The Labute approximate surface area is 151 Å². The first-order valence-corrected chi connectivity index (χ1v) is 8.51. The number of carbonyl (C=O) groups is 2. The lowest BCUT2D eigenvalue weighted by Gasteiger charge is -2.21. The summed E-state index contributed by atoms with van der Waals surface area (Å²) >= 11 is 3.83. The zero-order chi connectivity index (χ0) is 17.8. The zero-order valence-corrected chi connectivity index (χ0v) is 14.7. The van der Waals surface area contributed by atoms with Crippen molar-refractivity contribution in [3.05, 3.63) is 65.2 Å². The maximum Gasteiger partial charge on any atom is 0.280 e. The average molecular weight is 353 g/mol. The summed E-state index contributed by atoms with van der Waals surface area (Å²) in [5.41, 5.74) is 6.97. The topological polar surface area (TPSA) is 70.6 Å². The summed E-state index contributed by atoms with van der Waals surface area (Å²) in [4.78, 5) is 23.0. The predicted octanol–water partition coefficient (Wildman–Crippen LogP) is 3.60. The number of benzene rings is 2. The lowest BCUT2D eigenvalue weighted by Crippen LogP contribution is -2.32. The van der Waals surface area contributed by atoms with Crippen molar-refractivity contribution in [3.63, 3.8) is 0 Å². The summed E-state index contributed by atoms with van der Waals surface area (Å²) in [6.07, 6.45) is 1.13. The van der Waals surface area contributed by atoms with E-state index in [9.17, 15) is 9.59 Å². The Morgan fingerprint density at radius 2 is 2.00 bits per heavy atom. The molecule has 1 aliphatic rings. The van der Waals surface area contributed by atoms with Crippen molar-refractivity contribution in [2.45, 2.75) is 19.8 Å². The van der Waals surface area contributed by atoms with Crippen molar-refractivity contribution in [1.29, 1.82) is 0 Å². The molecule has 1 heterocycles. The van der Waals surface area contributed by atoms with Gasteiger partial charge in [0.1, 0.15) is 0 Å². The number of hydrazone groups is 1. The van der Waals surface area contributed by atoms with Crippen molar-refractivity contribution in [2.24, 2.45) is 11.0 Å². The molecule has 5 nitrogen and oxygen atoms in total. The van der Waals surface area contributed by atoms with Crippen LogP contribution in [-0.4, -0.2) is 16.9 Å². The van der Waals surface area contributed by atoms with Crippen LogP contribution >= 0.6 is 12.6 Å². The van der Waals surface area contributed by atoms with E-state index in [4.69, 9.17) is 0 Å². The van der Waals surface area contributed by atoms with Crippen LogP contribution in [0.4, 0.5) is 10.5 Å². The summed E-state index contributed by atoms with van der Waals surface area (Å²) in [6.45, 7) is 1.95. The molecule has 2 N–H and O–H groups in total. The molecular formula is C19H19N3O2S. The Bertz CT molecular complexity index is 834. The fourth-order valence-corrected chi connectivity index (χ4v) is 3.07. The summed E-state index contributed by atoms with van der Waals surface area (Å²) < 4.78 is 0. The Hall–Kier alpha value is -2.60. The molecule has 0 aliphatic carbocycles. The smallest absolute Gasteiger partial charge is 0.280 e. The van der Waals surface area contributed by atoms with E-state index in [1.54, 1.807) is 0 Å². The highest BCUT2D eigenvalue weighted by atomic mass is 32.1. The molecule has 6 heteroatoms. The van der Waals surface area contributed by atoms with Gasteiger partial charge in [-0.3, -0.25) is 9.59 Å². The van der Waals surface area contributed by atoms with E-state index < -0.39 is 5.24 Å². The molecule has 0 saturated carbocycles. The van der Waals surface area contributed by atoms with E-state index in [1.807, 2.05) is 43.3 Å². The van der Waals surface area contributed by atoms with E-state index in [0.717, 1.165) is 23.3 Å². The number of amides is 2. The number of carbonyl (C=O) groups excluding carboxylic acids is 2. The van der Waals surface area contributed by atoms with Crippen molar-refractivity contribution in [2.75, 3.05) is 5.32 Å². The number of hydrogen-bond acceptors (Lipinski definition) is 3. The molecular weight excluding hydrogens is 334 g/mol. The summed E-state index contributed by atoms with van der Waals surface area (Å²) in [5, 5.41) is 6.51. The van der Waals surface area contributed by atoms with Crippen LogP contribution in [0.5, 0.6) is 0 Å². The third kappa shape index (κ3) is 4.28. The molecule has 0 bridgehead atoms. The third-order valence-electron chi connectivity index (χ3n) is 4.11.